The van der Waals surface area contributed by atoms with Crippen LogP contribution in [0.4, 0.5) is 11.4 Å². The van der Waals surface area contributed by atoms with Gasteiger partial charge < -0.3 is 10.2 Å². The molecule has 0 saturated carbocycles. The van der Waals surface area contributed by atoms with Gasteiger partial charge in [-0.25, -0.2) is 0 Å². The van der Waals surface area contributed by atoms with Crippen LogP contribution in [0, 0.1) is 0 Å². The molecular formula is C16H17Cl2N3O. The molecule has 0 aliphatic carbocycles. The maximum Gasteiger partial charge on any atom is 0.274 e. The first-order chi connectivity index (χ1) is 10.5. The van der Waals surface area contributed by atoms with Crippen LogP contribution in [0.25, 0.3) is 0 Å². The van der Waals surface area contributed by atoms with E-state index < -0.39 is 0 Å². The van der Waals surface area contributed by atoms with Gasteiger partial charge in [-0.3, -0.25) is 9.78 Å². The number of nitrogens with zero attached hydrogens (tertiary/aromatic N) is 2. The highest BCUT2D eigenvalue weighted by molar-refractivity contribution is 6.35. The van der Waals surface area contributed by atoms with Crippen molar-refractivity contribution in [1.29, 1.82) is 0 Å². The van der Waals surface area contributed by atoms with Gasteiger partial charge in [-0.2, -0.15) is 0 Å². The highest BCUT2D eigenvalue weighted by Crippen LogP contribution is 2.26. The SMILES string of the molecule is CCN(CC)c1ccnc(C(=O)Nc2cc(Cl)ccc2Cl)c1. The number of pyridine rings is 1. The largest absolute Gasteiger partial charge is 0.372 e. The number of anilines is 2. The van der Waals surface area contributed by atoms with E-state index in [9.17, 15) is 4.79 Å². The van der Waals surface area contributed by atoms with Gasteiger partial charge in [0.15, 0.2) is 0 Å². The highest BCUT2D eigenvalue weighted by atomic mass is 35.5. The van der Waals surface area contributed by atoms with E-state index in [0.717, 1.165) is 18.8 Å². The minimum atomic E-state index is -0.321. The molecule has 0 unspecified atom stereocenters. The van der Waals surface area contributed by atoms with Gasteiger partial charge in [0.2, 0.25) is 0 Å². The van der Waals surface area contributed by atoms with Crippen LogP contribution in [0.2, 0.25) is 10.0 Å². The third-order valence-corrected chi connectivity index (χ3v) is 3.85. The summed E-state index contributed by atoms with van der Waals surface area (Å²) in [7, 11) is 0. The number of halogens is 2. The lowest BCUT2D eigenvalue weighted by Gasteiger charge is -2.21. The fourth-order valence-corrected chi connectivity index (χ4v) is 2.45. The van der Waals surface area contributed by atoms with Crippen LogP contribution in [0.15, 0.2) is 36.5 Å². The molecule has 1 heterocycles. The van der Waals surface area contributed by atoms with Crippen LogP contribution >= 0.6 is 23.2 Å². The zero-order chi connectivity index (χ0) is 16.1. The molecule has 0 saturated heterocycles. The summed E-state index contributed by atoms with van der Waals surface area (Å²) >= 11 is 12.0. The smallest absolute Gasteiger partial charge is 0.274 e. The van der Waals surface area contributed by atoms with E-state index in [1.165, 1.54) is 0 Å². The number of benzene rings is 1. The summed E-state index contributed by atoms with van der Waals surface area (Å²) in [5.41, 5.74) is 1.76. The fraction of sp³-hybridized carbons (Fsp3) is 0.250. The molecule has 116 valence electrons. The molecule has 0 fully saturated rings. The Bertz CT molecular complexity index is 672. The van der Waals surface area contributed by atoms with Crippen molar-refractivity contribution in [3.63, 3.8) is 0 Å². The summed E-state index contributed by atoms with van der Waals surface area (Å²) in [6.45, 7) is 5.86. The van der Waals surface area contributed by atoms with Crippen LogP contribution in [-0.4, -0.2) is 24.0 Å². The predicted molar refractivity (Wildman–Crippen MR) is 92.2 cm³/mol. The molecule has 0 radical (unpaired) electrons. The van der Waals surface area contributed by atoms with Crippen molar-refractivity contribution in [3.8, 4) is 0 Å². The Hall–Kier alpha value is -1.78. The normalized spacial score (nSPS) is 10.4. The molecule has 1 amide bonds. The van der Waals surface area contributed by atoms with Crippen LogP contribution in [-0.2, 0) is 0 Å². The average Bonchev–Trinajstić information content (AvgIpc) is 2.52. The summed E-state index contributed by atoms with van der Waals surface area (Å²) < 4.78 is 0. The summed E-state index contributed by atoms with van der Waals surface area (Å²) in [6.07, 6.45) is 1.63. The molecular weight excluding hydrogens is 321 g/mol. The van der Waals surface area contributed by atoms with Gasteiger partial charge in [-0.1, -0.05) is 23.2 Å². The number of carbonyl (C=O) groups is 1. The second-order valence-electron chi connectivity index (χ2n) is 4.65. The van der Waals surface area contributed by atoms with E-state index in [2.05, 4.69) is 29.0 Å². The summed E-state index contributed by atoms with van der Waals surface area (Å²) in [6, 6.07) is 8.56. The van der Waals surface area contributed by atoms with E-state index in [1.54, 1.807) is 30.5 Å². The first-order valence-electron chi connectivity index (χ1n) is 7.02. The second-order valence-corrected chi connectivity index (χ2v) is 5.49. The molecule has 1 aromatic carbocycles. The van der Waals surface area contributed by atoms with Gasteiger partial charge >= 0.3 is 0 Å². The second kappa shape index (κ2) is 7.47. The zero-order valence-electron chi connectivity index (χ0n) is 12.4. The molecule has 6 heteroatoms. The van der Waals surface area contributed by atoms with E-state index in [0.29, 0.717) is 21.4 Å². The molecule has 0 aliphatic rings. The van der Waals surface area contributed by atoms with Gasteiger partial charge in [0, 0.05) is 30.0 Å². The Morgan fingerprint density at radius 3 is 2.59 bits per heavy atom. The van der Waals surface area contributed by atoms with E-state index >= 15 is 0 Å². The Morgan fingerprint density at radius 1 is 1.18 bits per heavy atom. The van der Waals surface area contributed by atoms with Crippen molar-refractivity contribution in [1.82, 2.24) is 4.98 Å². The quantitative estimate of drug-likeness (QED) is 0.874. The first-order valence-corrected chi connectivity index (χ1v) is 7.78. The molecule has 0 bridgehead atoms. The lowest BCUT2D eigenvalue weighted by Crippen LogP contribution is -2.23. The van der Waals surface area contributed by atoms with Gasteiger partial charge in [-0.15, -0.1) is 0 Å². The monoisotopic (exact) mass is 337 g/mol. The molecule has 0 spiro atoms. The fourth-order valence-electron chi connectivity index (χ4n) is 2.11. The number of carbonyl (C=O) groups excluding carboxylic acids is 1. The first kappa shape index (κ1) is 16.6. The minimum absolute atomic E-state index is 0.321. The van der Waals surface area contributed by atoms with Crippen molar-refractivity contribution in [2.24, 2.45) is 0 Å². The van der Waals surface area contributed by atoms with Crippen LogP contribution in [0.3, 0.4) is 0 Å². The van der Waals surface area contributed by atoms with Gasteiger partial charge in [-0.05, 0) is 44.2 Å². The van der Waals surface area contributed by atoms with Gasteiger partial charge in [0.1, 0.15) is 5.69 Å². The Labute approximate surface area is 140 Å². The van der Waals surface area contributed by atoms with Crippen molar-refractivity contribution in [3.05, 3.63) is 52.3 Å². The molecule has 2 rings (SSSR count). The standard InChI is InChI=1S/C16H17Cl2N3O/c1-3-21(4-2)12-7-8-19-15(10-12)16(22)20-14-9-11(17)5-6-13(14)18/h5-10H,3-4H2,1-2H3,(H,20,22). The molecule has 0 atom stereocenters. The maximum atomic E-state index is 12.3. The van der Waals surface area contributed by atoms with Gasteiger partial charge in [0.05, 0.1) is 10.7 Å². The topological polar surface area (TPSA) is 45.2 Å². The lowest BCUT2D eigenvalue weighted by molar-refractivity contribution is 0.102. The third-order valence-electron chi connectivity index (χ3n) is 3.28. The van der Waals surface area contributed by atoms with E-state index in [-0.39, 0.29) is 5.91 Å². The Balaban J connectivity index is 2.23. The van der Waals surface area contributed by atoms with Crippen LogP contribution in [0.1, 0.15) is 24.3 Å². The lowest BCUT2D eigenvalue weighted by atomic mass is 10.2. The molecule has 2 aromatic rings. The van der Waals surface area contributed by atoms with Crippen molar-refractivity contribution >= 4 is 40.5 Å². The van der Waals surface area contributed by atoms with Crippen LogP contribution in [0.5, 0.6) is 0 Å². The van der Waals surface area contributed by atoms with Gasteiger partial charge in [0.25, 0.3) is 5.91 Å². The predicted octanol–water partition coefficient (Wildman–Crippen LogP) is 4.49. The van der Waals surface area contributed by atoms with Crippen LogP contribution < -0.4 is 10.2 Å². The summed E-state index contributed by atoms with van der Waals surface area (Å²) in [5, 5.41) is 3.67. The summed E-state index contributed by atoms with van der Waals surface area (Å²) in [5.74, 6) is -0.321. The maximum absolute atomic E-state index is 12.3. The number of aromatic nitrogens is 1. The number of amides is 1. The van der Waals surface area contributed by atoms with Crippen molar-refractivity contribution in [2.75, 3.05) is 23.3 Å². The van der Waals surface area contributed by atoms with E-state index in [1.807, 2.05) is 6.07 Å². The average molecular weight is 338 g/mol. The van der Waals surface area contributed by atoms with Crippen molar-refractivity contribution in [2.45, 2.75) is 13.8 Å². The molecule has 22 heavy (non-hydrogen) atoms. The molecule has 4 nitrogen and oxygen atoms in total. The number of hydrogen-bond donors (Lipinski definition) is 1. The number of hydrogen-bond acceptors (Lipinski definition) is 3. The third kappa shape index (κ3) is 3.90. The Kier molecular flexibility index (Phi) is 5.63. The number of rotatable bonds is 5. The van der Waals surface area contributed by atoms with Crippen molar-refractivity contribution < 1.29 is 4.79 Å². The highest BCUT2D eigenvalue weighted by Gasteiger charge is 2.12. The summed E-state index contributed by atoms with van der Waals surface area (Å²) in [4.78, 5) is 18.6. The molecule has 0 aliphatic heterocycles. The molecule has 1 N–H and O–H groups in total. The minimum Gasteiger partial charge on any atom is -0.372 e. The Morgan fingerprint density at radius 2 is 1.91 bits per heavy atom. The zero-order valence-corrected chi connectivity index (χ0v) is 13.9. The number of nitrogens with one attached hydrogen (secondary N) is 1. The molecule has 1 aromatic heterocycles. The van der Waals surface area contributed by atoms with E-state index in [4.69, 9.17) is 23.2 Å².